The van der Waals surface area contributed by atoms with Crippen LogP contribution >= 0.6 is 15.9 Å². The Bertz CT molecular complexity index is 643. The van der Waals surface area contributed by atoms with E-state index in [1.807, 2.05) is 25.1 Å². The van der Waals surface area contributed by atoms with Gasteiger partial charge in [-0.3, -0.25) is 0 Å². The van der Waals surface area contributed by atoms with E-state index in [-0.39, 0.29) is 0 Å². The van der Waals surface area contributed by atoms with Crippen molar-refractivity contribution in [3.63, 3.8) is 0 Å². The molecule has 1 aromatic carbocycles. The quantitative estimate of drug-likeness (QED) is 0.661. The van der Waals surface area contributed by atoms with Crippen molar-refractivity contribution in [3.8, 4) is 11.6 Å². The molecule has 3 rings (SSSR count). The van der Waals surface area contributed by atoms with Crippen LogP contribution in [0, 0.1) is 6.92 Å². The highest BCUT2D eigenvalue weighted by atomic mass is 79.9. The number of aromatic nitrogens is 2. The predicted octanol–water partition coefficient (Wildman–Crippen LogP) is 3.50. The van der Waals surface area contributed by atoms with Crippen LogP contribution in [0.2, 0.25) is 0 Å². The summed E-state index contributed by atoms with van der Waals surface area (Å²) in [6.45, 7) is 1.99. The van der Waals surface area contributed by atoms with Crippen molar-refractivity contribution in [3.05, 3.63) is 40.1 Å². The van der Waals surface area contributed by atoms with E-state index >= 15 is 0 Å². The molecule has 0 spiro atoms. The smallest absolute Gasteiger partial charge is 0.224 e. The zero-order chi connectivity index (χ0) is 14.1. The molecule has 0 bridgehead atoms. The zero-order valence-corrected chi connectivity index (χ0v) is 12.6. The van der Waals surface area contributed by atoms with E-state index < -0.39 is 0 Å². The normalized spacial score (nSPS) is 14.2. The third kappa shape index (κ3) is 2.91. The number of anilines is 1. The lowest BCUT2D eigenvalue weighted by atomic mass is 10.2. The number of halogens is 1. The van der Waals surface area contributed by atoms with E-state index in [2.05, 4.69) is 31.3 Å². The number of nitrogen functional groups attached to an aromatic ring is 1. The summed E-state index contributed by atoms with van der Waals surface area (Å²) in [4.78, 5) is 8.82. The molecule has 1 heterocycles. The molecule has 0 aliphatic heterocycles. The summed E-state index contributed by atoms with van der Waals surface area (Å²) in [5, 5.41) is 0. The number of benzene rings is 1. The molecular weight excluding hydrogens is 320 g/mol. The van der Waals surface area contributed by atoms with Gasteiger partial charge in [-0.25, -0.2) is 10.8 Å². The first-order valence-electron chi connectivity index (χ1n) is 6.45. The molecule has 20 heavy (non-hydrogen) atoms. The zero-order valence-electron chi connectivity index (χ0n) is 11.1. The number of nitrogens with two attached hydrogens (primary N) is 1. The lowest BCUT2D eigenvalue weighted by molar-refractivity contribution is 0.455. The van der Waals surface area contributed by atoms with Gasteiger partial charge in [0, 0.05) is 16.5 Å². The monoisotopic (exact) mass is 334 g/mol. The first-order valence-corrected chi connectivity index (χ1v) is 7.24. The number of hydrogen-bond acceptors (Lipinski definition) is 5. The number of nitrogens with zero attached hydrogens (tertiary/aromatic N) is 2. The fourth-order valence-electron chi connectivity index (χ4n) is 1.89. The lowest BCUT2D eigenvalue weighted by Gasteiger charge is -2.10. The number of aryl methyl sites for hydroxylation is 1. The number of hydrogen-bond donors (Lipinski definition) is 2. The minimum absolute atomic E-state index is 0.439. The molecule has 6 heteroatoms. The fourth-order valence-corrected chi connectivity index (χ4v) is 2.23. The van der Waals surface area contributed by atoms with E-state index in [0.29, 0.717) is 17.6 Å². The average Bonchev–Trinajstić information content (AvgIpc) is 3.27. The summed E-state index contributed by atoms with van der Waals surface area (Å²) in [5.74, 6) is 8.54. The molecule has 104 valence electrons. The van der Waals surface area contributed by atoms with Gasteiger partial charge in [0.05, 0.1) is 0 Å². The first-order chi connectivity index (χ1) is 9.65. The van der Waals surface area contributed by atoms with Crippen LogP contribution in [0.3, 0.4) is 0 Å². The molecule has 1 aliphatic carbocycles. The second-order valence-corrected chi connectivity index (χ2v) is 5.80. The predicted molar refractivity (Wildman–Crippen MR) is 80.8 cm³/mol. The molecule has 5 nitrogen and oxygen atoms in total. The summed E-state index contributed by atoms with van der Waals surface area (Å²) in [7, 11) is 0. The van der Waals surface area contributed by atoms with E-state index in [4.69, 9.17) is 10.6 Å². The maximum Gasteiger partial charge on any atom is 0.224 e. The number of nitrogens with one attached hydrogen (secondary N) is 1. The number of hydrazine groups is 1. The van der Waals surface area contributed by atoms with Crippen molar-refractivity contribution in [2.24, 2.45) is 5.84 Å². The average molecular weight is 335 g/mol. The summed E-state index contributed by atoms with van der Waals surface area (Å²) in [6.07, 6.45) is 2.26. The topological polar surface area (TPSA) is 73.1 Å². The van der Waals surface area contributed by atoms with Gasteiger partial charge in [-0.1, -0.05) is 22.0 Å². The highest BCUT2D eigenvalue weighted by Gasteiger charge is 2.27. The molecule has 1 saturated carbocycles. The van der Waals surface area contributed by atoms with Crippen LogP contribution in [0.4, 0.5) is 5.82 Å². The molecule has 0 saturated heterocycles. The molecule has 0 atom stereocenters. The van der Waals surface area contributed by atoms with Gasteiger partial charge in [0.1, 0.15) is 17.4 Å². The standard InChI is InChI=1S/C14H15BrN4O/c1-8-2-5-10(15)6-11(8)20-13-7-12(19-16)17-14(18-13)9-3-4-9/h2,5-7,9H,3-4,16H2,1H3,(H,17,18,19). The third-order valence-electron chi connectivity index (χ3n) is 3.18. The Labute approximate surface area is 125 Å². The Morgan fingerprint density at radius 1 is 1.30 bits per heavy atom. The van der Waals surface area contributed by atoms with Gasteiger partial charge in [-0.2, -0.15) is 4.98 Å². The minimum atomic E-state index is 0.439. The van der Waals surface area contributed by atoms with Crippen LogP contribution in [-0.4, -0.2) is 9.97 Å². The first kappa shape index (κ1) is 13.3. The molecule has 2 aromatic rings. The molecule has 1 fully saturated rings. The maximum absolute atomic E-state index is 5.87. The van der Waals surface area contributed by atoms with Crippen LogP contribution in [-0.2, 0) is 0 Å². The van der Waals surface area contributed by atoms with Crippen molar-refractivity contribution in [1.82, 2.24) is 9.97 Å². The molecule has 0 amide bonds. The van der Waals surface area contributed by atoms with E-state index in [0.717, 1.165) is 34.5 Å². The Morgan fingerprint density at radius 2 is 2.10 bits per heavy atom. The van der Waals surface area contributed by atoms with E-state index in [1.54, 1.807) is 6.07 Å². The maximum atomic E-state index is 5.87. The second-order valence-electron chi connectivity index (χ2n) is 4.88. The summed E-state index contributed by atoms with van der Waals surface area (Å²) in [5.41, 5.74) is 3.61. The summed E-state index contributed by atoms with van der Waals surface area (Å²) >= 11 is 3.44. The van der Waals surface area contributed by atoms with Crippen LogP contribution in [0.5, 0.6) is 11.6 Å². The van der Waals surface area contributed by atoms with Gasteiger partial charge in [-0.15, -0.1) is 0 Å². The fraction of sp³-hybridized carbons (Fsp3) is 0.286. The minimum Gasteiger partial charge on any atom is -0.439 e. The SMILES string of the molecule is Cc1ccc(Br)cc1Oc1cc(NN)nc(C2CC2)n1. The molecule has 3 N–H and O–H groups in total. The van der Waals surface area contributed by atoms with Gasteiger partial charge in [-0.05, 0) is 37.5 Å². The van der Waals surface area contributed by atoms with Crippen molar-refractivity contribution in [2.45, 2.75) is 25.7 Å². The van der Waals surface area contributed by atoms with Crippen LogP contribution in [0.25, 0.3) is 0 Å². The lowest BCUT2D eigenvalue weighted by Crippen LogP contribution is -2.10. The van der Waals surface area contributed by atoms with Crippen molar-refractivity contribution in [2.75, 3.05) is 5.43 Å². The molecule has 1 aliphatic rings. The Kier molecular flexibility index (Phi) is 3.58. The van der Waals surface area contributed by atoms with Crippen molar-refractivity contribution in [1.29, 1.82) is 0 Å². The molecule has 0 radical (unpaired) electrons. The van der Waals surface area contributed by atoms with Gasteiger partial charge in [0.25, 0.3) is 0 Å². The largest absolute Gasteiger partial charge is 0.439 e. The Morgan fingerprint density at radius 3 is 2.80 bits per heavy atom. The Hall–Kier alpha value is -1.66. The highest BCUT2D eigenvalue weighted by molar-refractivity contribution is 9.10. The van der Waals surface area contributed by atoms with Crippen molar-refractivity contribution < 1.29 is 4.74 Å². The van der Waals surface area contributed by atoms with Gasteiger partial charge < -0.3 is 10.2 Å². The molecule has 1 aromatic heterocycles. The molecular formula is C14H15BrN4O. The van der Waals surface area contributed by atoms with Gasteiger partial charge >= 0.3 is 0 Å². The highest BCUT2D eigenvalue weighted by Crippen LogP contribution is 2.39. The third-order valence-corrected chi connectivity index (χ3v) is 3.67. The number of rotatable bonds is 4. The van der Waals surface area contributed by atoms with Crippen LogP contribution in [0.1, 0.15) is 30.1 Å². The van der Waals surface area contributed by atoms with E-state index in [1.165, 1.54) is 0 Å². The van der Waals surface area contributed by atoms with Crippen LogP contribution < -0.4 is 16.0 Å². The summed E-state index contributed by atoms with van der Waals surface area (Å²) in [6, 6.07) is 7.59. The van der Waals surface area contributed by atoms with Crippen molar-refractivity contribution >= 4 is 21.7 Å². The second kappa shape index (κ2) is 5.38. The van der Waals surface area contributed by atoms with Gasteiger partial charge in [0.15, 0.2) is 0 Å². The Balaban J connectivity index is 1.93. The summed E-state index contributed by atoms with van der Waals surface area (Å²) < 4.78 is 6.84. The molecule has 0 unspecified atom stereocenters. The van der Waals surface area contributed by atoms with Crippen LogP contribution in [0.15, 0.2) is 28.7 Å². The van der Waals surface area contributed by atoms with Gasteiger partial charge in [0.2, 0.25) is 5.88 Å². The van der Waals surface area contributed by atoms with E-state index in [9.17, 15) is 0 Å². The number of ether oxygens (including phenoxy) is 1.